The van der Waals surface area contributed by atoms with Crippen LogP contribution in [0, 0.1) is 0 Å². The van der Waals surface area contributed by atoms with Gasteiger partial charge in [-0.05, 0) is 38.0 Å². The number of carbonyl (C=O) groups excluding carboxylic acids is 1. The summed E-state index contributed by atoms with van der Waals surface area (Å²) >= 11 is 0. The van der Waals surface area contributed by atoms with Crippen molar-refractivity contribution in [3.63, 3.8) is 0 Å². The quantitative estimate of drug-likeness (QED) is 0.751. The van der Waals surface area contributed by atoms with Gasteiger partial charge in [-0.1, -0.05) is 13.3 Å². The molecule has 1 aromatic carbocycles. The zero-order valence-corrected chi connectivity index (χ0v) is 11.1. The first-order valence-corrected chi connectivity index (χ1v) is 6.55. The number of fused-ring (bicyclic) bond motifs is 2. The van der Waals surface area contributed by atoms with Gasteiger partial charge in [0.15, 0.2) is 0 Å². The Kier molecular flexibility index (Phi) is 2.30. The minimum atomic E-state index is -0.436. The molecule has 1 unspecified atom stereocenters. The lowest BCUT2D eigenvalue weighted by Crippen LogP contribution is -2.27. The summed E-state index contributed by atoms with van der Waals surface area (Å²) in [7, 11) is 0. The second-order valence-corrected chi connectivity index (χ2v) is 5.65. The highest BCUT2D eigenvalue weighted by atomic mass is 16.2. The van der Waals surface area contributed by atoms with Crippen molar-refractivity contribution in [1.29, 1.82) is 0 Å². The van der Waals surface area contributed by atoms with Crippen molar-refractivity contribution in [3.05, 3.63) is 17.7 Å². The van der Waals surface area contributed by atoms with E-state index in [9.17, 15) is 4.79 Å². The van der Waals surface area contributed by atoms with E-state index < -0.39 is 5.41 Å². The smallest absolute Gasteiger partial charge is 0.234 e. The molecule has 0 spiro atoms. The average molecular weight is 245 g/mol. The lowest BCUT2D eigenvalue weighted by molar-refractivity contribution is -0.119. The van der Waals surface area contributed by atoms with Gasteiger partial charge in [-0.2, -0.15) is 0 Å². The summed E-state index contributed by atoms with van der Waals surface area (Å²) in [6.45, 7) is 6.11. The van der Waals surface area contributed by atoms with E-state index in [-0.39, 0.29) is 5.91 Å². The van der Waals surface area contributed by atoms with Crippen LogP contribution in [0.5, 0.6) is 0 Å². The highest BCUT2D eigenvalue weighted by Crippen LogP contribution is 2.43. The molecule has 0 radical (unpaired) electrons. The van der Waals surface area contributed by atoms with E-state index in [2.05, 4.69) is 28.9 Å². The first kappa shape index (κ1) is 11.4. The van der Waals surface area contributed by atoms with E-state index in [1.807, 2.05) is 19.9 Å². The molecule has 1 atom stereocenters. The van der Waals surface area contributed by atoms with Gasteiger partial charge in [-0.3, -0.25) is 4.79 Å². The van der Waals surface area contributed by atoms with Crippen molar-refractivity contribution < 1.29 is 4.79 Å². The number of nitrogens with one attached hydrogen (secondary N) is 3. The molecule has 1 aromatic rings. The first-order valence-electron chi connectivity index (χ1n) is 6.55. The molecule has 0 saturated heterocycles. The Bertz CT molecular complexity index is 522. The molecule has 18 heavy (non-hydrogen) atoms. The average Bonchev–Trinajstić information content (AvgIpc) is 2.77. The van der Waals surface area contributed by atoms with Crippen LogP contribution in [0.2, 0.25) is 0 Å². The van der Waals surface area contributed by atoms with Crippen LogP contribution in [-0.4, -0.2) is 12.1 Å². The predicted molar refractivity (Wildman–Crippen MR) is 74.0 cm³/mol. The number of hydrogen-bond acceptors (Lipinski definition) is 3. The van der Waals surface area contributed by atoms with Crippen molar-refractivity contribution >= 4 is 23.0 Å². The summed E-state index contributed by atoms with van der Waals surface area (Å²) in [6, 6.07) is 4.14. The maximum absolute atomic E-state index is 11.9. The zero-order valence-electron chi connectivity index (χ0n) is 11.1. The van der Waals surface area contributed by atoms with Crippen LogP contribution in [0.3, 0.4) is 0 Å². The topological polar surface area (TPSA) is 53.2 Å². The first-order chi connectivity index (χ1) is 8.52. The van der Waals surface area contributed by atoms with Crippen molar-refractivity contribution in [2.45, 2.75) is 45.2 Å². The van der Waals surface area contributed by atoms with Gasteiger partial charge in [-0.15, -0.1) is 0 Å². The molecule has 3 N–H and O–H groups in total. The van der Waals surface area contributed by atoms with Gasteiger partial charge in [0.05, 0.1) is 23.0 Å². The lowest BCUT2D eigenvalue weighted by atomic mass is 9.86. The standard InChI is InChI=1S/C14H19N3O/c1-4-5-12-15-10-6-8-9(7-11(10)16-12)17-13(18)14(8,2)3/h6-7,12,15-16H,4-5H2,1-3H3,(H,17,18). The molecule has 3 rings (SSSR count). The van der Waals surface area contributed by atoms with Crippen LogP contribution >= 0.6 is 0 Å². The second-order valence-electron chi connectivity index (χ2n) is 5.65. The molecule has 0 aromatic heterocycles. The molecule has 0 saturated carbocycles. The van der Waals surface area contributed by atoms with E-state index in [1.165, 1.54) is 0 Å². The van der Waals surface area contributed by atoms with Crippen LogP contribution in [-0.2, 0) is 10.2 Å². The SMILES string of the molecule is CCCC1Nc2cc3c(cc2N1)C(C)(C)C(=O)N3. The normalized spacial score (nSPS) is 22.8. The number of hydrogen-bond donors (Lipinski definition) is 3. The number of amides is 1. The number of anilines is 3. The third kappa shape index (κ3) is 1.48. The van der Waals surface area contributed by atoms with Crippen molar-refractivity contribution in [3.8, 4) is 0 Å². The zero-order chi connectivity index (χ0) is 12.9. The van der Waals surface area contributed by atoms with Crippen LogP contribution in [0.15, 0.2) is 12.1 Å². The molecular weight excluding hydrogens is 226 g/mol. The minimum Gasteiger partial charge on any atom is -0.364 e. The van der Waals surface area contributed by atoms with Crippen LogP contribution < -0.4 is 16.0 Å². The third-order valence-corrected chi connectivity index (χ3v) is 3.88. The fourth-order valence-corrected chi connectivity index (χ4v) is 2.70. The van der Waals surface area contributed by atoms with E-state index >= 15 is 0 Å². The Morgan fingerprint density at radius 2 is 1.83 bits per heavy atom. The monoisotopic (exact) mass is 245 g/mol. The Labute approximate surface area is 107 Å². The van der Waals surface area contributed by atoms with Gasteiger partial charge in [0.1, 0.15) is 0 Å². The van der Waals surface area contributed by atoms with Gasteiger partial charge in [0.2, 0.25) is 5.91 Å². The molecule has 96 valence electrons. The number of rotatable bonds is 2. The van der Waals surface area contributed by atoms with Gasteiger partial charge in [0.25, 0.3) is 0 Å². The van der Waals surface area contributed by atoms with Crippen molar-refractivity contribution in [2.75, 3.05) is 16.0 Å². The largest absolute Gasteiger partial charge is 0.364 e. The van der Waals surface area contributed by atoms with E-state index in [0.29, 0.717) is 6.17 Å². The maximum Gasteiger partial charge on any atom is 0.234 e. The summed E-state index contributed by atoms with van der Waals surface area (Å²) in [5.74, 6) is 0.0753. The summed E-state index contributed by atoms with van der Waals surface area (Å²) in [5, 5.41) is 9.87. The summed E-state index contributed by atoms with van der Waals surface area (Å²) in [6.07, 6.45) is 2.54. The Hall–Kier alpha value is -1.71. The maximum atomic E-state index is 11.9. The van der Waals surface area contributed by atoms with E-state index in [0.717, 1.165) is 35.5 Å². The van der Waals surface area contributed by atoms with Crippen LogP contribution in [0.25, 0.3) is 0 Å². The fraction of sp³-hybridized carbons (Fsp3) is 0.500. The molecule has 4 heteroatoms. The number of benzene rings is 1. The Balaban J connectivity index is 1.98. The molecule has 2 aliphatic heterocycles. The molecule has 4 nitrogen and oxygen atoms in total. The van der Waals surface area contributed by atoms with E-state index in [1.54, 1.807) is 0 Å². The predicted octanol–water partition coefficient (Wildman–Crippen LogP) is 2.88. The summed E-state index contributed by atoms with van der Waals surface area (Å²) < 4.78 is 0. The Morgan fingerprint density at radius 1 is 1.17 bits per heavy atom. The molecule has 1 amide bonds. The molecular formula is C14H19N3O. The molecule has 0 bridgehead atoms. The fourth-order valence-electron chi connectivity index (χ4n) is 2.70. The Morgan fingerprint density at radius 3 is 2.50 bits per heavy atom. The lowest BCUT2D eigenvalue weighted by Gasteiger charge is -2.15. The van der Waals surface area contributed by atoms with Gasteiger partial charge in [-0.25, -0.2) is 0 Å². The van der Waals surface area contributed by atoms with Crippen molar-refractivity contribution in [1.82, 2.24) is 0 Å². The molecule has 0 fully saturated rings. The number of carbonyl (C=O) groups is 1. The van der Waals surface area contributed by atoms with Crippen LogP contribution in [0.4, 0.5) is 17.1 Å². The van der Waals surface area contributed by atoms with Crippen LogP contribution in [0.1, 0.15) is 39.2 Å². The summed E-state index contributed by atoms with van der Waals surface area (Å²) in [4.78, 5) is 11.9. The highest BCUT2D eigenvalue weighted by molar-refractivity contribution is 6.07. The highest BCUT2D eigenvalue weighted by Gasteiger charge is 2.39. The van der Waals surface area contributed by atoms with Gasteiger partial charge >= 0.3 is 0 Å². The molecule has 2 aliphatic rings. The molecule has 0 aliphatic carbocycles. The van der Waals surface area contributed by atoms with Crippen molar-refractivity contribution in [2.24, 2.45) is 0 Å². The third-order valence-electron chi connectivity index (χ3n) is 3.88. The van der Waals surface area contributed by atoms with Gasteiger partial charge in [0, 0.05) is 5.69 Å². The second kappa shape index (κ2) is 3.64. The molecule has 2 heterocycles. The van der Waals surface area contributed by atoms with Gasteiger partial charge < -0.3 is 16.0 Å². The minimum absolute atomic E-state index is 0.0753. The summed E-state index contributed by atoms with van der Waals surface area (Å²) in [5.41, 5.74) is 3.78. The van der Waals surface area contributed by atoms with E-state index in [4.69, 9.17) is 0 Å².